The summed E-state index contributed by atoms with van der Waals surface area (Å²) >= 11 is 3.47. The van der Waals surface area contributed by atoms with Crippen LogP contribution in [0.4, 0.5) is 5.82 Å². The molecule has 0 bridgehead atoms. The largest absolute Gasteiger partial charge is 0.365 e. The van der Waals surface area contributed by atoms with E-state index in [1.807, 2.05) is 6.20 Å². The minimum absolute atomic E-state index is 0.188. The number of nitrogens with zero attached hydrogens (tertiary/aromatic N) is 1. The first-order chi connectivity index (χ1) is 7.56. The SMILES string of the molecule is CCC(CC)(CC)Nc1cc(C)c(Br)cn1. The van der Waals surface area contributed by atoms with Gasteiger partial charge in [0.05, 0.1) is 0 Å². The molecule has 1 rings (SSSR count). The van der Waals surface area contributed by atoms with Crippen molar-refractivity contribution < 1.29 is 0 Å². The zero-order valence-electron chi connectivity index (χ0n) is 10.6. The molecule has 0 atom stereocenters. The van der Waals surface area contributed by atoms with E-state index in [9.17, 15) is 0 Å². The molecule has 0 spiro atoms. The molecule has 0 aliphatic rings. The molecular formula is C13H21BrN2. The second-order valence-electron chi connectivity index (χ2n) is 4.28. The molecular weight excluding hydrogens is 264 g/mol. The molecule has 0 aliphatic heterocycles. The van der Waals surface area contributed by atoms with Gasteiger partial charge in [0.2, 0.25) is 0 Å². The molecule has 2 nitrogen and oxygen atoms in total. The van der Waals surface area contributed by atoms with Gasteiger partial charge in [-0.3, -0.25) is 0 Å². The number of aromatic nitrogens is 1. The minimum atomic E-state index is 0.188. The second kappa shape index (κ2) is 5.67. The van der Waals surface area contributed by atoms with Crippen LogP contribution >= 0.6 is 15.9 Å². The number of aryl methyl sites for hydroxylation is 1. The predicted octanol–water partition coefficient (Wildman–Crippen LogP) is 4.53. The average Bonchev–Trinajstić information content (AvgIpc) is 2.31. The summed E-state index contributed by atoms with van der Waals surface area (Å²) in [6, 6.07) is 2.10. The van der Waals surface area contributed by atoms with Crippen LogP contribution in [0.5, 0.6) is 0 Å². The highest BCUT2D eigenvalue weighted by Gasteiger charge is 2.23. The molecule has 0 fully saturated rings. The van der Waals surface area contributed by atoms with Crippen molar-refractivity contribution in [2.45, 2.75) is 52.5 Å². The first-order valence-electron chi connectivity index (χ1n) is 5.97. The van der Waals surface area contributed by atoms with E-state index in [0.29, 0.717) is 0 Å². The van der Waals surface area contributed by atoms with Crippen LogP contribution in [0.15, 0.2) is 16.7 Å². The van der Waals surface area contributed by atoms with Crippen LogP contribution in [-0.4, -0.2) is 10.5 Å². The van der Waals surface area contributed by atoms with Crippen molar-refractivity contribution in [3.63, 3.8) is 0 Å². The molecule has 3 heteroatoms. The third kappa shape index (κ3) is 2.97. The zero-order chi connectivity index (χ0) is 12.2. The number of hydrogen-bond acceptors (Lipinski definition) is 2. The van der Waals surface area contributed by atoms with Gasteiger partial charge in [-0.2, -0.15) is 0 Å². The van der Waals surface area contributed by atoms with Gasteiger partial charge in [-0.1, -0.05) is 20.8 Å². The molecule has 0 saturated carbocycles. The van der Waals surface area contributed by atoms with Crippen LogP contribution in [0.3, 0.4) is 0 Å². The van der Waals surface area contributed by atoms with Gasteiger partial charge in [-0.15, -0.1) is 0 Å². The van der Waals surface area contributed by atoms with E-state index in [1.54, 1.807) is 0 Å². The highest BCUT2D eigenvalue weighted by molar-refractivity contribution is 9.10. The molecule has 0 saturated heterocycles. The Balaban J connectivity index is 2.89. The van der Waals surface area contributed by atoms with Crippen LogP contribution in [0.2, 0.25) is 0 Å². The van der Waals surface area contributed by atoms with Crippen molar-refractivity contribution in [2.24, 2.45) is 0 Å². The number of pyridine rings is 1. The standard InChI is InChI=1S/C13H21BrN2/c1-5-13(6-2,7-3)16-12-8-10(4)11(14)9-15-12/h8-9H,5-7H2,1-4H3,(H,15,16). The Hall–Kier alpha value is -0.570. The Morgan fingerprint density at radius 3 is 2.25 bits per heavy atom. The molecule has 1 aromatic rings. The predicted molar refractivity (Wildman–Crippen MR) is 73.9 cm³/mol. The Bertz CT molecular complexity index is 338. The van der Waals surface area contributed by atoms with E-state index in [1.165, 1.54) is 5.56 Å². The van der Waals surface area contributed by atoms with Crippen LogP contribution in [0.25, 0.3) is 0 Å². The molecule has 16 heavy (non-hydrogen) atoms. The lowest BCUT2D eigenvalue weighted by molar-refractivity contribution is 0.419. The fraction of sp³-hybridized carbons (Fsp3) is 0.615. The lowest BCUT2D eigenvalue weighted by Crippen LogP contribution is -2.36. The molecule has 0 radical (unpaired) electrons. The van der Waals surface area contributed by atoms with E-state index >= 15 is 0 Å². The third-order valence-corrected chi connectivity index (χ3v) is 4.30. The minimum Gasteiger partial charge on any atom is -0.365 e. The van der Waals surface area contributed by atoms with E-state index in [0.717, 1.165) is 29.6 Å². The van der Waals surface area contributed by atoms with Crippen LogP contribution in [-0.2, 0) is 0 Å². The number of nitrogens with one attached hydrogen (secondary N) is 1. The lowest BCUT2D eigenvalue weighted by atomic mass is 9.90. The molecule has 90 valence electrons. The van der Waals surface area contributed by atoms with Gasteiger partial charge < -0.3 is 5.32 Å². The van der Waals surface area contributed by atoms with E-state index < -0.39 is 0 Å². The number of halogens is 1. The Morgan fingerprint density at radius 1 is 1.25 bits per heavy atom. The van der Waals surface area contributed by atoms with E-state index in [4.69, 9.17) is 0 Å². The quantitative estimate of drug-likeness (QED) is 0.859. The maximum absolute atomic E-state index is 4.41. The van der Waals surface area contributed by atoms with Crippen LogP contribution < -0.4 is 5.32 Å². The van der Waals surface area contributed by atoms with Crippen molar-refractivity contribution in [3.05, 3.63) is 22.3 Å². The zero-order valence-corrected chi connectivity index (χ0v) is 12.2. The summed E-state index contributed by atoms with van der Waals surface area (Å²) in [5.41, 5.74) is 1.41. The van der Waals surface area contributed by atoms with E-state index in [-0.39, 0.29) is 5.54 Å². The van der Waals surface area contributed by atoms with Gasteiger partial charge in [-0.05, 0) is 53.7 Å². The third-order valence-electron chi connectivity index (χ3n) is 3.47. The Morgan fingerprint density at radius 2 is 1.81 bits per heavy atom. The van der Waals surface area contributed by atoms with Crippen molar-refractivity contribution >= 4 is 21.7 Å². The highest BCUT2D eigenvalue weighted by Crippen LogP contribution is 2.26. The number of rotatable bonds is 5. The van der Waals surface area contributed by atoms with Crippen LogP contribution in [0, 0.1) is 6.92 Å². The molecule has 1 heterocycles. The molecule has 0 unspecified atom stereocenters. The van der Waals surface area contributed by atoms with Crippen molar-refractivity contribution in [2.75, 3.05) is 5.32 Å². The summed E-state index contributed by atoms with van der Waals surface area (Å²) in [5.74, 6) is 0.978. The molecule has 1 N–H and O–H groups in total. The summed E-state index contributed by atoms with van der Waals surface area (Å²) in [7, 11) is 0. The maximum Gasteiger partial charge on any atom is 0.126 e. The second-order valence-corrected chi connectivity index (χ2v) is 5.14. The molecule has 1 aromatic heterocycles. The summed E-state index contributed by atoms with van der Waals surface area (Å²) < 4.78 is 1.06. The fourth-order valence-corrected chi connectivity index (χ4v) is 2.11. The number of hydrogen-bond donors (Lipinski definition) is 1. The Labute approximate surface area is 107 Å². The lowest BCUT2D eigenvalue weighted by Gasteiger charge is -2.32. The normalized spacial score (nSPS) is 11.6. The summed E-state index contributed by atoms with van der Waals surface area (Å²) in [6.45, 7) is 8.77. The fourth-order valence-electron chi connectivity index (χ4n) is 1.89. The highest BCUT2D eigenvalue weighted by atomic mass is 79.9. The monoisotopic (exact) mass is 284 g/mol. The smallest absolute Gasteiger partial charge is 0.126 e. The maximum atomic E-state index is 4.41. The topological polar surface area (TPSA) is 24.9 Å². The van der Waals surface area contributed by atoms with E-state index in [2.05, 4.69) is 60.0 Å². The van der Waals surface area contributed by atoms with Crippen molar-refractivity contribution in [1.82, 2.24) is 4.98 Å². The number of anilines is 1. The molecule has 0 aromatic carbocycles. The Kier molecular flexibility index (Phi) is 4.78. The van der Waals surface area contributed by atoms with Gasteiger partial charge in [0, 0.05) is 16.2 Å². The summed E-state index contributed by atoms with van der Waals surface area (Å²) in [4.78, 5) is 4.41. The van der Waals surface area contributed by atoms with Gasteiger partial charge in [0.15, 0.2) is 0 Å². The van der Waals surface area contributed by atoms with Crippen LogP contribution in [0.1, 0.15) is 45.6 Å². The summed E-state index contributed by atoms with van der Waals surface area (Å²) in [5, 5.41) is 3.58. The summed E-state index contributed by atoms with van der Waals surface area (Å²) in [6.07, 6.45) is 5.23. The molecule has 0 amide bonds. The van der Waals surface area contributed by atoms with Crippen molar-refractivity contribution in [3.8, 4) is 0 Å². The van der Waals surface area contributed by atoms with Crippen molar-refractivity contribution in [1.29, 1.82) is 0 Å². The van der Waals surface area contributed by atoms with Gasteiger partial charge in [-0.25, -0.2) is 4.98 Å². The van der Waals surface area contributed by atoms with Gasteiger partial charge in [0.1, 0.15) is 5.82 Å². The molecule has 0 aliphatic carbocycles. The van der Waals surface area contributed by atoms with Gasteiger partial charge in [0.25, 0.3) is 0 Å². The first-order valence-corrected chi connectivity index (χ1v) is 6.76. The average molecular weight is 285 g/mol. The van der Waals surface area contributed by atoms with Gasteiger partial charge >= 0.3 is 0 Å². The first kappa shape index (κ1) is 13.5.